The van der Waals surface area contributed by atoms with Crippen LogP contribution in [0.3, 0.4) is 0 Å². The predicted octanol–water partition coefficient (Wildman–Crippen LogP) is 4.51. The number of carbonyl (C=O) groups excluding carboxylic acids is 1. The summed E-state index contributed by atoms with van der Waals surface area (Å²) in [6.07, 6.45) is 1.08. The molecule has 0 aliphatic rings. The van der Waals surface area contributed by atoms with Gasteiger partial charge in [0.25, 0.3) is 0 Å². The van der Waals surface area contributed by atoms with Gasteiger partial charge < -0.3 is 5.32 Å². The van der Waals surface area contributed by atoms with E-state index in [2.05, 4.69) is 5.32 Å². The van der Waals surface area contributed by atoms with Gasteiger partial charge in [0, 0.05) is 28.1 Å². The number of thioether (sulfide) groups is 1. The van der Waals surface area contributed by atoms with Crippen LogP contribution in [0.15, 0.2) is 42.5 Å². The molecule has 0 aliphatic heterocycles. The molecule has 0 heterocycles. The molecular formula is C20H24Cl2N2O3S2. The Morgan fingerprint density at radius 2 is 1.90 bits per heavy atom. The summed E-state index contributed by atoms with van der Waals surface area (Å²) in [6, 6.07) is 11.7. The molecule has 29 heavy (non-hydrogen) atoms. The zero-order valence-electron chi connectivity index (χ0n) is 16.5. The monoisotopic (exact) mass is 474 g/mol. The zero-order valence-corrected chi connectivity index (χ0v) is 19.6. The Kier molecular flexibility index (Phi) is 8.70. The van der Waals surface area contributed by atoms with Crippen LogP contribution in [-0.4, -0.2) is 38.9 Å². The zero-order chi connectivity index (χ0) is 21.6. The number of nitrogens with zero attached hydrogens (tertiary/aromatic N) is 1. The molecular weight excluding hydrogens is 451 g/mol. The molecule has 0 saturated heterocycles. The molecule has 5 nitrogen and oxygen atoms in total. The second-order valence-corrected chi connectivity index (χ2v) is 10.4. The molecule has 0 aromatic heterocycles. The van der Waals surface area contributed by atoms with E-state index in [-0.39, 0.29) is 5.91 Å². The maximum Gasteiger partial charge on any atom is 0.243 e. The van der Waals surface area contributed by atoms with Crippen molar-refractivity contribution in [2.75, 3.05) is 22.9 Å². The lowest BCUT2D eigenvalue weighted by Gasteiger charge is -2.29. The number of anilines is 1. The number of carbonyl (C=O) groups is 1. The predicted molar refractivity (Wildman–Crippen MR) is 124 cm³/mol. The number of benzene rings is 2. The van der Waals surface area contributed by atoms with E-state index in [4.69, 9.17) is 23.2 Å². The van der Waals surface area contributed by atoms with Gasteiger partial charge in [-0.1, -0.05) is 47.5 Å². The first-order chi connectivity index (χ1) is 13.6. The maximum atomic E-state index is 12.6. The maximum absolute atomic E-state index is 12.6. The van der Waals surface area contributed by atoms with E-state index in [1.807, 2.05) is 24.3 Å². The van der Waals surface area contributed by atoms with Gasteiger partial charge in [-0.05, 0) is 43.2 Å². The van der Waals surface area contributed by atoms with E-state index in [1.54, 1.807) is 43.8 Å². The van der Waals surface area contributed by atoms with Crippen molar-refractivity contribution in [3.8, 4) is 0 Å². The summed E-state index contributed by atoms with van der Waals surface area (Å²) < 4.78 is 25.9. The van der Waals surface area contributed by atoms with Crippen molar-refractivity contribution in [1.29, 1.82) is 0 Å². The van der Waals surface area contributed by atoms with Gasteiger partial charge in [0.2, 0.25) is 15.9 Å². The van der Waals surface area contributed by atoms with Gasteiger partial charge in [0.1, 0.15) is 6.04 Å². The van der Waals surface area contributed by atoms with Gasteiger partial charge in [-0.15, -0.1) is 0 Å². The third-order valence-corrected chi connectivity index (χ3v) is 7.10. The summed E-state index contributed by atoms with van der Waals surface area (Å²) in [5.74, 6) is 1.05. The second kappa shape index (κ2) is 10.6. The Labute approximate surface area is 186 Å². The Morgan fingerprint density at radius 3 is 2.55 bits per heavy atom. The topological polar surface area (TPSA) is 66.5 Å². The highest BCUT2D eigenvalue weighted by atomic mass is 35.5. The quantitative estimate of drug-likeness (QED) is 0.543. The number of aryl methyl sites for hydroxylation is 1. The minimum atomic E-state index is -3.68. The molecule has 0 fully saturated rings. The lowest BCUT2D eigenvalue weighted by Crippen LogP contribution is -2.48. The lowest BCUT2D eigenvalue weighted by molar-refractivity contribution is -0.121. The van der Waals surface area contributed by atoms with Crippen molar-refractivity contribution in [1.82, 2.24) is 5.32 Å². The molecule has 0 saturated carbocycles. The SMILES string of the molecule is Cc1ccc(Cl)cc1N([C@@H](C)C(=O)NCCSCc1ccccc1Cl)S(C)(=O)=O. The van der Waals surface area contributed by atoms with Gasteiger partial charge >= 0.3 is 0 Å². The summed E-state index contributed by atoms with van der Waals surface area (Å²) in [5.41, 5.74) is 2.16. The van der Waals surface area contributed by atoms with Crippen LogP contribution >= 0.6 is 35.0 Å². The van der Waals surface area contributed by atoms with Crippen molar-refractivity contribution in [2.24, 2.45) is 0 Å². The van der Waals surface area contributed by atoms with Gasteiger partial charge in [-0.3, -0.25) is 9.10 Å². The Balaban J connectivity index is 1.97. The fourth-order valence-electron chi connectivity index (χ4n) is 2.79. The highest BCUT2D eigenvalue weighted by molar-refractivity contribution is 7.98. The molecule has 1 amide bonds. The van der Waals surface area contributed by atoms with E-state index in [1.165, 1.54) is 0 Å². The summed E-state index contributed by atoms with van der Waals surface area (Å²) in [5, 5.41) is 3.93. The highest BCUT2D eigenvalue weighted by Crippen LogP contribution is 2.28. The normalized spacial score (nSPS) is 12.4. The Hall–Kier alpha value is -1.41. The minimum Gasteiger partial charge on any atom is -0.353 e. The second-order valence-electron chi connectivity index (χ2n) is 6.60. The molecule has 2 aromatic carbocycles. The van der Waals surface area contributed by atoms with E-state index in [0.717, 1.165) is 32.5 Å². The first-order valence-electron chi connectivity index (χ1n) is 8.95. The summed E-state index contributed by atoms with van der Waals surface area (Å²) >= 11 is 13.8. The molecule has 0 unspecified atom stereocenters. The van der Waals surface area contributed by atoms with Crippen LogP contribution in [0.2, 0.25) is 10.0 Å². The van der Waals surface area contributed by atoms with Crippen LogP contribution in [0, 0.1) is 6.92 Å². The smallest absolute Gasteiger partial charge is 0.243 e. The van der Waals surface area contributed by atoms with Crippen LogP contribution < -0.4 is 9.62 Å². The third-order valence-electron chi connectivity index (χ3n) is 4.26. The molecule has 1 atom stereocenters. The average Bonchev–Trinajstić information content (AvgIpc) is 2.64. The molecule has 9 heteroatoms. The number of amides is 1. The highest BCUT2D eigenvalue weighted by Gasteiger charge is 2.30. The molecule has 1 N–H and O–H groups in total. The Bertz CT molecular complexity index is 968. The largest absolute Gasteiger partial charge is 0.353 e. The molecule has 2 aromatic rings. The van der Waals surface area contributed by atoms with Crippen molar-refractivity contribution in [3.05, 3.63) is 63.6 Å². The fourth-order valence-corrected chi connectivity index (χ4v) is 5.33. The van der Waals surface area contributed by atoms with Crippen LogP contribution in [0.4, 0.5) is 5.69 Å². The number of rotatable bonds is 9. The average molecular weight is 475 g/mol. The minimum absolute atomic E-state index is 0.367. The van der Waals surface area contributed by atoms with Crippen molar-refractivity contribution >= 4 is 56.6 Å². The van der Waals surface area contributed by atoms with Gasteiger partial charge in [-0.2, -0.15) is 11.8 Å². The van der Waals surface area contributed by atoms with Gasteiger partial charge in [0.05, 0.1) is 11.9 Å². The van der Waals surface area contributed by atoms with Gasteiger partial charge in [0.15, 0.2) is 0 Å². The van der Waals surface area contributed by atoms with Crippen molar-refractivity contribution in [2.45, 2.75) is 25.6 Å². The van der Waals surface area contributed by atoms with E-state index in [0.29, 0.717) is 23.0 Å². The lowest BCUT2D eigenvalue weighted by atomic mass is 10.2. The number of hydrogen-bond donors (Lipinski definition) is 1. The molecule has 0 spiro atoms. The van der Waals surface area contributed by atoms with Crippen LogP contribution in [-0.2, 0) is 20.6 Å². The number of sulfonamides is 1. The van der Waals surface area contributed by atoms with Gasteiger partial charge in [-0.25, -0.2) is 8.42 Å². The summed E-state index contributed by atoms with van der Waals surface area (Å²) in [7, 11) is -3.68. The van der Waals surface area contributed by atoms with Crippen LogP contribution in [0.25, 0.3) is 0 Å². The van der Waals surface area contributed by atoms with Crippen molar-refractivity contribution in [3.63, 3.8) is 0 Å². The first kappa shape index (κ1) is 23.9. The Morgan fingerprint density at radius 1 is 1.21 bits per heavy atom. The number of halogens is 2. The molecule has 0 aliphatic carbocycles. The molecule has 158 valence electrons. The molecule has 0 bridgehead atoms. The van der Waals surface area contributed by atoms with Crippen LogP contribution in [0.1, 0.15) is 18.1 Å². The van der Waals surface area contributed by atoms with Crippen molar-refractivity contribution < 1.29 is 13.2 Å². The van der Waals surface area contributed by atoms with Crippen LogP contribution in [0.5, 0.6) is 0 Å². The third kappa shape index (κ3) is 6.81. The van der Waals surface area contributed by atoms with E-state index >= 15 is 0 Å². The number of nitrogens with one attached hydrogen (secondary N) is 1. The number of hydrogen-bond acceptors (Lipinski definition) is 4. The molecule has 2 rings (SSSR count). The summed E-state index contributed by atoms with van der Waals surface area (Å²) in [4.78, 5) is 12.6. The molecule has 0 radical (unpaired) electrons. The fraction of sp³-hybridized carbons (Fsp3) is 0.350. The standard InChI is InChI=1S/C20H24Cl2N2O3S2/c1-14-8-9-17(21)12-19(14)24(29(3,26)27)15(2)20(25)23-10-11-28-13-16-6-4-5-7-18(16)22/h4-9,12,15H,10-11,13H2,1-3H3,(H,23,25)/t15-/m0/s1. The summed E-state index contributed by atoms with van der Waals surface area (Å²) in [6.45, 7) is 3.76. The van der Waals surface area contributed by atoms with E-state index in [9.17, 15) is 13.2 Å². The van der Waals surface area contributed by atoms with E-state index < -0.39 is 16.1 Å². The first-order valence-corrected chi connectivity index (χ1v) is 12.7.